The molecule has 7 aliphatic rings. The van der Waals surface area contributed by atoms with Gasteiger partial charge >= 0.3 is 5.97 Å². The van der Waals surface area contributed by atoms with Crippen molar-refractivity contribution < 1.29 is 27.5 Å². The molecule has 0 spiro atoms. The number of aliphatic carboxylic acids is 1. The SMILES string of the molecule is C=CC.CCC1CN(C(=O)CNC23CCCC2C2CCC4C5(C)CC=C(C6=CCC(C(=O)O)CC6)C(C)C5CCC4(C)[C@]2(C)CC3)CS1(=O)=O.CF. The molecule has 294 valence electrons. The second-order valence-electron chi connectivity index (χ2n) is 18.3. The van der Waals surface area contributed by atoms with Crippen molar-refractivity contribution in [1.82, 2.24) is 10.2 Å². The van der Waals surface area contributed by atoms with E-state index in [1.165, 1.54) is 56.1 Å². The van der Waals surface area contributed by atoms with E-state index in [-0.39, 0.29) is 46.0 Å². The van der Waals surface area contributed by atoms with Crippen LogP contribution in [0.15, 0.2) is 36.0 Å². The molecular formula is C43H69FN2O5S. The summed E-state index contributed by atoms with van der Waals surface area (Å²) in [4.78, 5) is 26.5. The molecule has 0 bridgehead atoms. The fraction of sp³-hybridized carbons (Fsp3) is 0.814. The average molecular weight is 745 g/mol. The van der Waals surface area contributed by atoms with Crippen molar-refractivity contribution in [2.75, 3.05) is 26.1 Å². The Kier molecular flexibility index (Phi) is 12.4. The van der Waals surface area contributed by atoms with Crippen LogP contribution in [0.4, 0.5) is 4.39 Å². The number of carbonyl (C=O) groups excluding carboxylic acids is 1. The van der Waals surface area contributed by atoms with Crippen LogP contribution in [0, 0.1) is 51.8 Å². The number of allylic oxidation sites excluding steroid dienone is 5. The van der Waals surface area contributed by atoms with Crippen LogP contribution in [0.25, 0.3) is 0 Å². The summed E-state index contributed by atoms with van der Waals surface area (Å²) in [6.07, 6.45) is 21.6. The maximum Gasteiger partial charge on any atom is 0.306 e. The average Bonchev–Trinajstić information content (AvgIpc) is 3.69. The molecule has 1 heterocycles. The molecule has 7 nitrogen and oxygen atoms in total. The topological polar surface area (TPSA) is 104 Å². The van der Waals surface area contributed by atoms with E-state index in [1.807, 2.05) is 13.8 Å². The molecule has 1 aliphatic heterocycles. The van der Waals surface area contributed by atoms with E-state index in [1.54, 1.807) is 11.0 Å². The van der Waals surface area contributed by atoms with Gasteiger partial charge in [-0.2, -0.15) is 0 Å². The molecule has 0 aromatic rings. The van der Waals surface area contributed by atoms with E-state index in [4.69, 9.17) is 0 Å². The summed E-state index contributed by atoms with van der Waals surface area (Å²) in [6, 6.07) is 0. The molecule has 6 aliphatic carbocycles. The van der Waals surface area contributed by atoms with Crippen molar-refractivity contribution in [3.05, 3.63) is 36.0 Å². The first-order valence-corrected chi connectivity index (χ1v) is 22.1. The number of hydrogen-bond acceptors (Lipinski definition) is 5. The maximum atomic E-state index is 13.3. The van der Waals surface area contributed by atoms with Crippen molar-refractivity contribution in [1.29, 1.82) is 0 Å². The number of fused-ring (bicyclic) bond motifs is 7. The Labute approximate surface area is 314 Å². The summed E-state index contributed by atoms with van der Waals surface area (Å²) >= 11 is 0. The van der Waals surface area contributed by atoms with E-state index >= 15 is 0 Å². The molecule has 4 saturated carbocycles. The molecule has 10 unspecified atom stereocenters. The first-order valence-electron chi connectivity index (χ1n) is 20.4. The number of hydrogen-bond donors (Lipinski definition) is 2. The predicted molar refractivity (Wildman–Crippen MR) is 208 cm³/mol. The monoisotopic (exact) mass is 744 g/mol. The summed E-state index contributed by atoms with van der Waals surface area (Å²) in [5.74, 6) is 2.06. The zero-order valence-corrected chi connectivity index (χ0v) is 34.1. The van der Waals surface area contributed by atoms with Crippen LogP contribution in [0.5, 0.6) is 0 Å². The number of amides is 1. The molecule has 1 amide bonds. The van der Waals surface area contributed by atoms with Crippen molar-refractivity contribution in [2.24, 2.45) is 51.8 Å². The van der Waals surface area contributed by atoms with Gasteiger partial charge in [0.25, 0.3) is 0 Å². The van der Waals surface area contributed by atoms with Crippen molar-refractivity contribution in [2.45, 2.75) is 142 Å². The number of nitrogens with one attached hydrogen (secondary N) is 1. The highest BCUT2D eigenvalue weighted by Crippen LogP contribution is 2.75. The largest absolute Gasteiger partial charge is 0.481 e. The first kappa shape index (κ1) is 41.2. The van der Waals surface area contributed by atoms with E-state index in [0.29, 0.717) is 56.2 Å². The lowest BCUT2D eigenvalue weighted by atomic mass is 9.34. The van der Waals surface area contributed by atoms with Crippen molar-refractivity contribution in [3.8, 4) is 0 Å². The number of carboxylic acid groups (broad SMARTS) is 1. The Morgan fingerprint density at radius 3 is 2.33 bits per heavy atom. The minimum atomic E-state index is -3.22. The van der Waals surface area contributed by atoms with E-state index in [0.717, 1.165) is 32.1 Å². The number of carboxylic acids is 1. The molecule has 9 heteroatoms. The van der Waals surface area contributed by atoms with Crippen LogP contribution in [-0.2, 0) is 19.4 Å². The van der Waals surface area contributed by atoms with Crippen LogP contribution in [0.2, 0.25) is 0 Å². The Morgan fingerprint density at radius 2 is 1.71 bits per heavy atom. The summed E-state index contributed by atoms with van der Waals surface area (Å²) in [5, 5.41) is 12.9. The summed E-state index contributed by atoms with van der Waals surface area (Å²) in [7, 11) is -2.72. The first-order chi connectivity index (χ1) is 24.6. The second kappa shape index (κ2) is 15.6. The number of sulfone groups is 1. The number of nitrogens with zero attached hydrogens (tertiary/aromatic N) is 1. The van der Waals surface area contributed by atoms with Gasteiger partial charge in [-0.05, 0) is 147 Å². The number of rotatable bonds is 6. The van der Waals surface area contributed by atoms with Gasteiger partial charge in [0.15, 0.2) is 9.84 Å². The molecule has 11 atom stereocenters. The van der Waals surface area contributed by atoms with Gasteiger partial charge < -0.3 is 15.3 Å². The number of carbonyl (C=O) groups is 2. The van der Waals surface area contributed by atoms with Gasteiger partial charge in [0.05, 0.1) is 24.9 Å². The zero-order chi connectivity index (χ0) is 38.3. The maximum absolute atomic E-state index is 13.3. The van der Waals surface area contributed by atoms with Gasteiger partial charge in [-0.25, -0.2) is 8.42 Å². The van der Waals surface area contributed by atoms with Gasteiger partial charge in [-0.1, -0.05) is 59.3 Å². The van der Waals surface area contributed by atoms with Gasteiger partial charge in [-0.15, -0.1) is 6.58 Å². The standard InChI is InChI=1S/C39H60N2O5S.C3H6.CH3F/c1-6-28-23-41(24-47(28,45)46)34(42)22-40-39-17-7-8-32(39)31-13-14-33-36(3)18-15-29(26-9-11-27(12-10-26)35(43)44)25(2)30(36)16-19-38(33,5)37(31,4)20-21-39;1-3-2;1-2/h9,15,25,27-28,30-33,40H,6-8,10-14,16-24H2,1-5H3,(H,43,44);3H,1H2,2H3;1H3/t25?,27?,28?,30?,31?,32?,33?,36?,37-,38?,39?;;/m1../s1. The summed E-state index contributed by atoms with van der Waals surface area (Å²) in [6.45, 7) is 18.2. The lowest BCUT2D eigenvalue weighted by Crippen LogP contribution is -2.67. The zero-order valence-electron chi connectivity index (χ0n) is 33.3. The Hall–Kier alpha value is -2.00. The Bertz CT molecular complexity index is 1530. The van der Waals surface area contributed by atoms with Crippen LogP contribution in [0.3, 0.4) is 0 Å². The van der Waals surface area contributed by atoms with E-state index < -0.39 is 21.1 Å². The minimum Gasteiger partial charge on any atom is -0.481 e. The quantitative estimate of drug-likeness (QED) is 0.264. The fourth-order valence-electron chi connectivity index (χ4n) is 13.5. The van der Waals surface area contributed by atoms with E-state index in [2.05, 4.69) is 51.7 Å². The molecule has 0 aromatic carbocycles. The van der Waals surface area contributed by atoms with Crippen LogP contribution in [-0.4, -0.2) is 67.2 Å². The summed E-state index contributed by atoms with van der Waals surface area (Å²) < 4.78 is 34.6. The molecule has 52 heavy (non-hydrogen) atoms. The smallest absolute Gasteiger partial charge is 0.306 e. The lowest BCUT2D eigenvalue weighted by molar-refractivity contribution is -0.212. The minimum absolute atomic E-state index is 0.00273. The molecule has 1 saturated heterocycles. The van der Waals surface area contributed by atoms with Gasteiger partial charge in [-0.3, -0.25) is 14.0 Å². The molecule has 7 rings (SSSR count). The van der Waals surface area contributed by atoms with E-state index in [9.17, 15) is 27.5 Å². The molecule has 0 radical (unpaired) electrons. The summed E-state index contributed by atoms with van der Waals surface area (Å²) in [5.41, 5.74) is 3.78. The normalized spacial score (nSPS) is 43.0. The molecule has 2 N–H and O–H groups in total. The van der Waals surface area contributed by atoms with Gasteiger partial charge in [0, 0.05) is 12.1 Å². The second-order valence-corrected chi connectivity index (χ2v) is 20.5. The molecular weight excluding hydrogens is 676 g/mol. The Balaban J connectivity index is 0.000000995. The highest BCUT2D eigenvalue weighted by atomic mass is 32.2. The van der Waals surface area contributed by atoms with Gasteiger partial charge in [0.1, 0.15) is 5.88 Å². The third kappa shape index (κ3) is 6.79. The fourth-order valence-corrected chi connectivity index (χ4v) is 15.3. The third-order valence-corrected chi connectivity index (χ3v) is 18.5. The number of alkyl halides is 1. The molecule has 5 fully saturated rings. The highest BCUT2D eigenvalue weighted by molar-refractivity contribution is 7.92. The van der Waals surface area contributed by atoms with Crippen molar-refractivity contribution in [3.63, 3.8) is 0 Å². The van der Waals surface area contributed by atoms with Gasteiger partial charge in [0.2, 0.25) is 5.91 Å². The predicted octanol–water partition coefficient (Wildman–Crippen LogP) is 8.91. The van der Waals surface area contributed by atoms with Crippen LogP contribution < -0.4 is 5.32 Å². The van der Waals surface area contributed by atoms with Crippen molar-refractivity contribution >= 4 is 21.7 Å². The molecule has 0 aromatic heterocycles. The van der Waals surface area contributed by atoms with Crippen LogP contribution in [0.1, 0.15) is 131 Å². The third-order valence-electron chi connectivity index (χ3n) is 16.4. The lowest BCUT2D eigenvalue weighted by Gasteiger charge is -2.71. The highest BCUT2D eigenvalue weighted by Gasteiger charge is 2.68. The van der Waals surface area contributed by atoms with Crippen LogP contribution >= 0.6 is 0 Å². The number of halogens is 1. The Morgan fingerprint density at radius 1 is 1.00 bits per heavy atom.